The molecule has 1 aliphatic heterocycles. The molecule has 1 aromatic carbocycles. The molecule has 0 amide bonds. The van der Waals surface area contributed by atoms with Gasteiger partial charge < -0.3 is 3.11 Å². The zero-order chi connectivity index (χ0) is 7.68. The summed E-state index contributed by atoms with van der Waals surface area (Å²) in [6.07, 6.45) is 0. The fraction of sp³-hybridized carbons (Fsp3) is 0.250. The van der Waals surface area contributed by atoms with E-state index in [1.807, 2.05) is 11.8 Å². The molecule has 0 spiro atoms. The van der Waals surface area contributed by atoms with Crippen LogP contribution in [0.5, 0.6) is 0 Å². The molecule has 0 saturated heterocycles. The summed E-state index contributed by atoms with van der Waals surface area (Å²) < 4.78 is 2.28. The van der Waals surface area contributed by atoms with Crippen LogP contribution < -0.4 is 3.11 Å². The molecule has 0 saturated carbocycles. The number of anilines is 1. The average molecular weight is 277 g/mol. The highest BCUT2D eigenvalue weighted by molar-refractivity contribution is 14.1. The van der Waals surface area contributed by atoms with Gasteiger partial charge in [0, 0.05) is 17.2 Å². The third-order valence-electron chi connectivity index (χ3n) is 1.67. The van der Waals surface area contributed by atoms with Crippen LogP contribution in [0, 0.1) is 0 Å². The van der Waals surface area contributed by atoms with Crippen LogP contribution in [0.1, 0.15) is 0 Å². The van der Waals surface area contributed by atoms with Crippen LogP contribution >= 0.6 is 34.6 Å². The van der Waals surface area contributed by atoms with Crippen LogP contribution in [0.3, 0.4) is 0 Å². The summed E-state index contributed by atoms with van der Waals surface area (Å²) in [4.78, 5) is 1.41. The lowest BCUT2D eigenvalue weighted by molar-refractivity contribution is 1.10. The van der Waals surface area contributed by atoms with E-state index >= 15 is 0 Å². The topological polar surface area (TPSA) is 3.24 Å². The van der Waals surface area contributed by atoms with Crippen molar-refractivity contribution in [3.05, 3.63) is 24.3 Å². The van der Waals surface area contributed by atoms with E-state index in [2.05, 4.69) is 50.2 Å². The molecule has 0 radical (unpaired) electrons. The first kappa shape index (κ1) is 7.73. The van der Waals surface area contributed by atoms with Gasteiger partial charge in [-0.2, -0.15) is 0 Å². The van der Waals surface area contributed by atoms with Crippen molar-refractivity contribution in [2.75, 3.05) is 15.4 Å². The van der Waals surface area contributed by atoms with Crippen LogP contribution in [-0.4, -0.2) is 12.3 Å². The first-order valence-electron chi connectivity index (χ1n) is 3.53. The third-order valence-corrected chi connectivity index (χ3v) is 3.72. The number of thioether (sulfide) groups is 1. The summed E-state index contributed by atoms with van der Waals surface area (Å²) in [5.41, 5.74) is 1.37. The van der Waals surface area contributed by atoms with E-state index in [-0.39, 0.29) is 0 Å². The minimum absolute atomic E-state index is 1.15. The molecule has 1 aromatic rings. The summed E-state index contributed by atoms with van der Waals surface area (Å²) in [6, 6.07) is 8.55. The number of hydrogen-bond acceptors (Lipinski definition) is 2. The molecule has 3 heteroatoms. The molecule has 0 unspecified atom stereocenters. The Labute approximate surface area is 84.7 Å². The average Bonchev–Trinajstić information content (AvgIpc) is 2.06. The number of hydrogen-bond donors (Lipinski definition) is 0. The van der Waals surface area contributed by atoms with E-state index in [1.54, 1.807) is 0 Å². The van der Waals surface area contributed by atoms with Crippen molar-refractivity contribution < 1.29 is 0 Å². The highest BCUT2D eigenvalue weighted by atomic mass is 127. The van der Waals surface area contributed by atoms with Gasteiger partial charge in [0.2, 0.25) is 0 Å². The van der Waals surface area contributed by atoms with Gasteiger partial charge in [0.25, 0.3) is 0 Å². The molecule has 0 aromatic heterocycles. The molecular formula is C8H8INS. The number of nitrogens with zero attached hydrogens (tertiary/aromatic N) is 1. The monoisotopic (exact) mass is 277 g/mol. The normalized spacial score (nSPS) is 16.3. The molecule has 0 atom stereocenters. The second kappa shape index (κ2) is 3.23. The minimum Gasteiger partial charge on any atom is -0.313 e. The Kier molecular flexibility index (Phi) is 2.27. The van der Waals surface area contributed by atoms with Gasteiger partial charge in [-0.25, -0.2) is 0 Å². The van der Waals surface area contributed by atoms with Gasteiger partial charge in [-0.1, -0.05) is 12.1 Å². The summed E-state index contributed by atoms with van der Waals surface area (Å²) in [6.45, 7) is 1.15. The van der Waals surface area contributed by atoms with Gasteiger partial charge in [0.1, 0.15) is 0 Å². The number of rotatable bonds is 0. The van der Waals surface area contributed by atoms with Gasteiger partial charge in [-0.15, -0.1) is 11.8 Å². The Hall–Kier alpha value is 0.100. The molecule has 0 bridgehead atoms. The zero-order valence-corrected chi connectivity index (χ0v) is 8.93. The molecule has 0 N–H and O–H groups in total. The van der Waals surface area contributed by atoms with Gasteiger partial charge in [0.15, 0.2) is 0 Å². The predicted octanol–water partition coefficient (Wildman–Crippen LogP) is 2.95. The highest BCUT2D eigenvalue weighted by Crippen LogP contribution is 2.35. The largest absolute Gasteiger partial charge is 0.313 e. The second-order valence-electron chi connectivity index (χ2n) is 2.40. The first-order chi connectivity index (χ1) is 5.38. The van der Waals surface area contributed by atoms with E-state index < -0.39 is 0 Å². The number of halogens is 1. The van der Waals surface area contributed by atoms with Crippen molar-refractivity contribution in [3.8, 4) is 0 Å². The van der Waals surface area contributed by atoms with Crippen molar-refractivity contribution in [3.63, 3.8) is 0 Å². The van der Waals surface area contributed by atoms with Crippen LogP contribution in [0.15, 0.2) is 29.2 Å². The predicted molar refractivity (Wildman–Crippen MR) is 58.5 cm³/mol. The van der Waals surface area contributed by atoms with Crippen molar-refractivity contribution >= 4 is 40.3 Å². The second-order valence-corrected chi connectivity index (χ2v) is 4.70. The molecular weight excluding hydrogens is 269 g/mol. The lowest BCUT2D eigenvalue weighted by atomic mass is 10.3. The Morgan fingerprint density at radius 1 is 1.36 bits per heavy atom. The van der Waals surface area contributed by atoms with Crippen LogP contribution in [0.4, 0.5) is 5.69 Å². The first-order valence-corrected chi connectivity index (χ1v) is 5.48. The standard InChI is InChI=1S/C8H8INS/c9-10-5-6-11-8-4-2-1-3-7(8)10/h1-4H,5-6H2. The van der Waals surface area contributed by atoms with Crippen molar-refractivity contribution in [1.82, 2.24) is 0 Å². The molecule has 58 valence electrons. The fourth-order valence-corrected chi connectivity index (χ4v) is 3.28. The number of para-hydroxylation sites is 1. The minimum atomic E-state index is 1.15. The smallest absolute Gasteiger partial charge is 0.0593 e. The van der Waals surface area contributed by atoms with Crippen LogP contribution in [0.2, 0.25) is 0 Å². The maximum absolute atomic E-state index is 2.37. The highest BCUT2D eigenvalue weighted by Gasteiger charge is 2.13. The summed E-state index contributed by atoms with van der Waals surface area (Å²) in [5, 5.41) is 0. The quantitative estimate of drug-likeness (QED) is 0.530. The number of fused-ring (bicyclic) bond motifs is 1. The maximum Gasteiger partial charge on any atom is 0.0593 e. The molecule has 1 nitrogen and oxygen atoms in total. The number of benzene rings is 1. The molecule has 1 aliphatic rings. The summed E-state index contributed by atoms with van der Waals surface area (Å²) in [5.74, 6) is 1.21. The van der Waals surface area contributed by atoms with E-state index in [9.17, 15) is 0 Å². The fourth-order valence-electron chi connectivity index (χ4n) is 1.14. The van der Waals surface area contributed by atoms with Crippen molar-refractivity contribution in [1.29, 1.82) is 0 Å². The molecule has 1 heterocycles. The van der Waals surface area contributed by atoms with Gasteiger partial charge >= 0.3 is 0 Å². The van der Waals surface area contributed by atoms with Crippen molar-refractivity contribution in [2.24, 2.45) is 0 Å². The van der Waals surface area contributed by atoms with Gasteiger partial charge in [-0.3, -0.25) is 0 Å². The lowest BCUT2D eigenvalue weighted by Gasteiger charge is -2.24. The SMILES string of the molecule is IN1CCSc2ccccc21. The molecule has 0 fully saturated rings. The summed E-state index contributed by atoms with van der Waals surface area (Å²) >= 11 is 4.31. The Bertz CT molecular complexity index is 264. The van der Waals surface area contributed by atoms with E-state index in [0.29, 0.717) is 0 Å². The van der Waals surface area contributed by atoms with E-state index in [4.69, 9.17) is 0 Å². The van der Waals surface area contributed by atoms with Crippen LogP contribution in [0.25, 0.3) is 0 Å². The van der Waals surface area contributed by atoms with Crippen molar-refractivity contribution in [2.45, 2.75) is 4.90 Å². The van der Waals surface area contributed by atoms with Crippen LogP contribution in [-0.2, 0) is 0 Å². The van der Waals surface area contributed by atoms with E-state index in [0.717, 1.165) is 6.54 Å². The molecule has 2 rings (SSSR count). The zero-order valence-electron chi connectivity index (χ0n) is 5.96. The molecule has 11 heavy (non-hydrogen) atoms. The Balaban J connectivity index is 2.44. The third kappa shape index (κ3) is 1.49. The molecule has 0 aliphatic carbocycles. The van der Waals surface area contributed by atoms with Gasteiger partial charge in [-0.05, 0) is 12.1 Å². The Morgan fingerprint density at radius 2 is 2.18 bits per heavy atom. The summed E-state index contributed by atoms with van der Waals surface area (Å²) in [7, 11) is 0. The van der Waals surface area contributed by atoms with Gasteiger partial charge in [0.05, 0.1) is 28.6 Å². The Morgan fingerprint density at radius 3 is 3.00 bits per heavy atom. The van der Waals surface area contributed by atoms with E-state index in [1.165, 1.54) is 16.3 Å². The maximum atomic E-state index is 2.37. The lowest BCUT2D eigenvalue weighted by Crippen LogP contribution is -2.17.